The fourth-order valence-electron chi connectivity index (χ4n) is 2.53. The molecule has 0 aliphatic heterocycles. The number of aryl methyl sites for hydroxylation is 1. The lowest BCUT2D eigenvalue weighted by Crippen LogP contribution is -2.17. The number of nitrogens with zero attached hydrogens (tertiary/aromatic N) is 2. The summed E-state index contributed by atoms with van der Waals surface area (Å²) in [4.78, 5) is 17.4. The first-order valence-corrected chi connectivity index (χ1v) is 10.4. The van der Waals surface area contributed by atoms with Crippen LogP contribution in [0.5, 0.6) is 5.75 Å². The van der Waals surface area contributed by atoms with Crippen LogP contribution in [-0.4, -0.2) is 29.6 Å². The van der Waals surface area contributed by atoms with Crippen molar-refractivity contribution >= 4 is 45.3 Å². The second-order valence-corrected chi connectivity index (χ2v) is 7.55. The number of amides is 1. The van der Waals surface area contributed by atoms with Gasteiger partial charge in [-0.15, -0.1) is 0 Å². The van der Waals surface area contributed by atoms with Crippen LogP contribution < -0.4 is 9.54 Å². The van der Waals surface area contributed by atoms with Gasteiger partial charge in [-0.1, -0.05) is 41.7 Å². The van der Waals surface area contributed by atoms with Gasteiger partial charge in [0.25, 0.3) is 5.91 Å². The number of carbonyl (C=O) groups is 1. The summed E-state index contributed by atoms with van der Waals surface area (Å²) in [5.41, 5.74) is 2.05. The molecule has 0 atom stereocenters. The number of aromatic nitrogens is 1. The van der Waals surface area contributed by atoms with E-state index in [4.69, 9.17) is 4.74 Å². The normalized spacial score (nSPS) is 12.2. The van der Waals surface area contributed by atoms with Crippen molar-refractivity contribution in [1.29, 1.82) is 0 Å². The molecule has 0 bridgehead atoms. The summed E-state index contributed by atoms with van der Waals surface area (Å²) in [5.74, 6) is 1.50. The molecule has 4 nitrogen and oxygen atoms in total. The lowest BCUT2D eigenvalue weighted by molar-refractivity contribution is -0.113. The summed E-state index contributed by atoms with van der Waals surface area (Å²) in [6.07, 6.45) is 5.37. The summed E-state index contributed by atoms with van der Waals surface area (Å²) in [5, 5.41) is 0. The largest absolute Gasteiger partial charge is 0.497 e. The number of carbonyl (C=O) groups excluding carboxylic acids is 1. The Bertz CT molecular complexity index is 988. The fourth-order valence-corrected chi connectivity index (χ4v) is 3.98. The maximum Gasteiger partial charge on any atom is 0.272 e. The molecule has 6 heteroatoms. The van der Waals surface area contributed by atoms with E-state index in [1.54, 1.807) is 24.9 Å². The molecule has 1 amide bonds. The van der Waals surface area contributed by atoms with Crippen molar-refractivity contribution in [2.75, 3.05) is 19.1 Å². The number of fused-ring (bicyclic) bond motifs is 1. The summed E-state index contributed by atoms with van der Waals surface area (Å²) < 4.78 is 8.47. The Kier molecular flexibility index (Phi) is 6.30. The van der Waals surface area contributed by atoms with Gasteiger partial charge >= 0.3 is 0 Å². The van der Waals surface area contributed by atoms with Crippen LogP contribution in [0.3, 0.4) is 0 Å². The third kappa shape index (κ3) is 4.45. The maximum atomic E-state index is 12.3. The van der Waals surface area contributed by atoms with Crippen molar-refractivity contribution in [3.05, 3.63) is 65.0 Å². The zero-order valence-electron chi connectivity index (χ0n) is 14.7. The fraction of sp³-hybridized carbons (Fsp3) is 0.200. The van der Waals surface area contributed by atoms with Gasteiger partial charge in [0.1, 0.15) is 5.75 Å². The Morgan fingerprint density at radius 3 is 2.81 bits per heavy atom. The van der Waals surface area contributed by atoms with Crippen LogP contribution in [0.2, 0.25) is 0 Å². The first kappa shape index (κ1) is 18.5. The number of benzene rings is 2. The van der Waals surface area contributed by atoms with E-state index >= 15 is 0 Å². The van der Waals surface area contributed by atoms with E-state index in [2.05, 4.69) is 15.8 Å². The van der Waals surface area contributed by atoms with Gasteiger partial charge in [-0.25, -0.2) is 0 Å². The molecular formula is C20H20N2O2S2. The number of rotatable bonds is 6. The molecule has 2 aromatic carbocycles. The predicted molar refractivity (Wildman–Crippen MR) is 111 cm³/mol. The van der Waals surface area contributed by atoms with Crippen LogP contribution in [0.1, 0.15) is 5.56 Å². The zero-order chi connectivity index (χ0) is 18.4. The highest BCUT2D eigenvalue weighted by atomic mass is 32.2. The average molecular weight is 385 g/mol. The molecule has 0 N–H and O–H groups in total. The second-order valence-electron chi connectivity index (χ2n) is 5.56. The van der Waals surface area contributed by atoms with Crippen LogP contribution in [0.15, 0.2) is 59.6 Å². The highest BCUT2D eigenvalue weighted by molar-refractivity contribution is 7.98. The van der Waals surface area contributed by atoms with Crippen molar-refractivity contribution in [2.24, 2.45) is 4.99 Å². The summed E-state index contributed by atoms with van der Waals surface area (Å²) in [7, 11) is 1.65. The van der Waals surface area contributed by atoms with Crippen molar-refractivity contribution < 1.29 is 9.53 Å². The minimum absolute atomic E-state index is 0.259. The van der Waals surface area contributed by atoms with Gasteiger partial charge < -0.3 is 9.30 Å². The van der Waals surface area contributed by atoms with Crippen LogP contribution in [-0.2, 0) is 11.3 Å². The van der Waals surface area contributed by atoms with E-state index in [9.17, 15) is 4.79 Å². The quantitative estimate of drug-likeness (QED) is 0.598. The number of hydrogen-bond acceptors (Lipinski definition) is 4. The molecule has 0 aliphatic rings. The van der Waals surface area contributed by atoms with Gasteiger partial charge in [0.2, 0.25) is 0 Å². The van der Waals surface area contributed by atoms with Crippen molar-refractivity contribution in [2.45, 2.75) is 6.54 Å². The first-order valence-electron chi connectivity index (χ1n) is 8.19. The van der Waals surface area contributed by atoms with Crippen LogP contribution >= 0.6 is 23.1 Å². The number of methoxy groups -OCH3 is 1. The van der Waals surface area contributed by atoms with E-state index in [1.165, 1.54) is 17.4 Å². The molecule has 26 heavy (non-hydrogen) atoms. The van der Waals surface area contributed by atoms with E-state index in [0.717, 1.165) is 33.8 Å². The second kappa shape index (κ2) is 8.87. The van der Waals surface area contributed by atoms with E-state index in [1.807, 2.05) is 48.5 Å². The van der Waals surface area contributed by atoms with Crippen molar-refractivity contribution in [1.82, 2.24) is 4.57 Å². The molecule has 0 radical (unpaired) electrons. The minimum Gasteiger partial charge on any atom is -0.497 e. The number of thiazole rings is 1. The smallest absolute Gasteiger partial charge is 0.272 e. The molecule has 0 saturated carbocycles. The predicted octanol–water partition coefficient (Wildman–Crippen LogP) is 4.22. The molecule has 0 spiro atoms. The zero-order valence-corrected chi connectivity index (χ0v) is 16.3. The Morgan fingerprint density at radius 2 is 2.08 bits per heavy atom. The third-order valence-corrected chi connectivity index (χ3v) is 5.46. The van der Waals surface area contributed by atoms with E-state index in [-0.39, 0.29) is 5.91 Å². The summed E-state index contributed by atoms with van der Waals surface area (Å²) in [6.45, 7) is 0.808. The van der Waals surface area contributed by atoms with Gasteiger partial charge in [-0.2, -0.15) is 16.8 Å². The molecule has 3 aromatic rings. The Labute approximate surface area is 160 Å². The SMILES string of the molecule is COc1ccc2c(c1)sc(=NC(=O)/C=C/c1ccccc1)n2CCSC. The first-order chi connectivity index (χ1) is 12.7. The summed E-state index contributed by atoms with van der Waals surface area (Å²) >= 11 is 3.28. The minimum atomic E-state index is -0.259. The number of thioether (sulfide) groups is 1. The summed E-state index contributed by atoms with van der Waals surface area (Å²) in [6, 6.07) is 15.7. The molecule has 0 unspecified atom stereocenters. The standard InChI is InChI=1S/C20H20N2O2S2/c1-24-16-9-10-17-18(14-16)26-20(22(17)12-13-25-2)21-19(23)11-8-15-6-4-3-5-7-15/h3-11,14H,12-13H2,1-2H3/b11-8+,21-20?. The highest BCUT2D eigenvalue weighted by Gasteiger charge is 2.08. The third-order valence-electron chi connectivity index (χ3n) is 3.83. The van der Waals surface area contributed by atoms with Gasteiger partial charge in [0, 0.05) is 18.4 Å². The Balaban J connectivity index is 1.97. The topological polar surface area (TPSA) is 43.6 Å². The Hall–Kier alpha value is -2.31. The van der Waals surface area contributed by atoms with Crippen LogP contribution in [0.25, 0.3) is 16.3 Å². The van der Waals surface area contributed by atoms with Crippen LogP contribution in [0.4, 0.5) is 0 Å². The molecule has 0 aliphatic carbocycles. The number of ether oxygens (including phenoxy) is 1. The molecular weight excluding hydrogens is 364 g/mol. The lowest BCUT2D eigenvalue weighted by Gasteiger charge is -2.04. The van der Waals surface area contributed by atoms with Gasteiger partial charge in [0.15, 0.2) is 4.80 Å². The van der Waals surface area contributed by atoms with Crippen LogP contribution in [0, 0.1) is 0 Å². The van der Waals surface area contributed by atoms with E-state index < -0.39 is 0 Å². The molecule has 1 heterocycles. The van der Waals surface area contributed by atoms with Crippen molar-refractivity contribution in [3.63, 3.8) is 0 Å². The van der Waals surface area contributed by atoms with Gasteiger partial charge in [-0.05, 0) is 36.1 Å². The molecule has 0 saturated heterocycles. The van der Waals surface area contributed by atoms with Gasteiger partial charge in [0.05, 0.1) is 17.3 Å². The monoisotopic (exact) mass is 384 g/mol. The highest BCUT2D eigenvalue weighted by Crippen LogP contribution is 2.23. The average Bonchev–Trinajstić information content (AvgIpc) is 3.01. The van der Waals surface area contributed by atoms with Crippen molar-refractivity contribution in [3.8, 4) is 5.75 Å². The van der Waals surface area contributed by atoms with Gasteiger partial charge in [-0.3, -0.25) is 4.79 Å². The van der Waals surface area contributed by atoms with E-state index in [0.29, 0.717) is 4.80 Å². The molecule has 1 aromatic heterocycles. The molecule has 3 rings (SSSR count). The molecule has 0 fully saturated rings. The lowest BCUT2D eigenvalue weighted by atomic mass is 10.2. The molecule has 134 valence electrons. The number of hydrogen-bond donors (Lipinski definition) is 0. The Morgan fingerprint density at radius 1 is 1.27 bits per heavy atom. The maximum absolute atomic E-state index is 12.3.